The Kier molecular flexibility index (Phi) is 5.89. The Morgan fingerprint density at radius 2 is 2.12 bits per heavy atom. The SMILES string of the molecule is Cc1cc(-n2ccnc2)cc2c1N=C(c1c(CCC(O)c3ccc(F)c(Cl)c3)cc[nH]c1=O)C2. The van der Waals surface area contributed by atoms with Crippen LogP contribution in [0.2, 0.25) is 5.02 Å². The zero-order chi connectivity index (χ0) is 23.8. The summed E-state index contributed by atoms with van der Waals surface area (Å²) < 4.78 is 15.4. The standard InChI is InChI=1S/C26H22ClFN4O2/c1-15-10-19(32-9-8-29-14-32)11-18-13-22(31-25(15)18)24-16(6-7-30-26(24)34)3-5-23(33)17-2-4-21(28)20(27)12-17/h2,4,6-12,14,23,33H,3,5,13H2,1H3,(H,30,34). The minimum Gasteiger partial charge on any atom is -0.388 e. The van der Waals surface area contributed by atoms with E-state index in [0.717, 1.165) is 28.1 Å². The predicted molar refractivity (Wildman–Crippen MR) is 130 cm³/mol. The number of aromatic nitrogens is 3. The highest BCUT2D eigenvalue weighted by molar-refractivity contribution is 6.30. The molecule has 0 bridgehead atoms. The lowest BCUT2D eigenvalue weighted by Gasteiger charge is -2.13. The van der Waals surface area contributed by atoms with Crippen LogP contribution in [0.3, 0.4) is 0 Å². The molecule has 0 fully saturated rings. The third kappa shape index (κ3) is 4.20. The highest BCUT2D eigenvalue weighted by atomic mass is 35.5. The highest BCUT2D eigenvalue weighted by Gasteiger charge is 2.23. The molecule has 6 nitrogen and oxygen atoms in total. The summed E-state index contributed by atoms with van der Waals surface area (Å²) in [6.45, 7) is 2.01. The molecular formula is C26H22ClFN4O2. The number of fused-ring (bicyclic) bond motifs is 1. The third-order valence-corrected chi connectivity index (χ3v) is 6.41. The van der Waals surface area contributed by atoms with Crippen molar-refractivity contribution >= 4 is 23.0 Å². The molecule has 1 unspecified atom stereocenters. The molecule has 1 aliphatic rings. The zero-order valence-corrected chi connectivity index (χ0v) is 19.2. The van der Waals surface area contributed by atoms with Gasteiger partial charge in [-0.1, -0.05) is 17.7 Å². The summed E-state index contributed by atoms with van der Waals surface area (Å²) >= 11 is 5.86. The number of aryl methyl sites for hydroxylation is 2. The summed E-state index contributed by atoms with van der Waals surface area (Å²) in [5.41, 5.74) is 6.31. The normalized spacial score (nSPS) is 13.6. The van der Waals surface area contributed by atoms with Crippen molar-refractivity contribution < 1.29 is 9.50 Å². The van der Waals surface area contributed by atoms with Crippen molar-refractivity contribution in [3.63, 3.8) is 0 Å². The first-order valence-corrected chi connectivity index (χ1v) is 11.3. The van der Waals surface area contributed by atoms with Crippen LogP contribution >= 0.6 is 11.6 Å². The first kappa shape index (κ1) is 22.3. The van der Waals surface area contributed by atoms with Gasteiger partial charge in [0.25, 0.3) is 5.56 Å². The maximum Gasteiger partial charge on any atom is 0.257 e. The van der Waals surface area contributed by atoms with E-state index in [9.17, 15) is 14.3 Å². The molecule has 2 aromatic heterocycles. The second-order valence-corrected chi connectivity index (χ2v) is 8.82. The third-order valence-electron chi connectivity index (χ3n) is 6.12. The molecule has 3 heterocycles. The lowest BCUT2D eigenvalue weighted by molar-refractivity contribution is 0.167. The molecule has 2 N–H and O–H groups in total. The van der Waals surface area contributed by atoms with Crippen LogP contribution in [0.5, 0.6) is 0 Å². The average molecular weight is 477 g/mol. The summed E-state index contributed by atoms with van der Waals surface area (Å²) in [4.78, 5) is 24.5. The quantitative estimate of drug-likeness (QED) is 0.410. The topological polar surface area (TPSA) is 83.3 Å². The number of hydrogen-bond donors (Lipinski definition) is 2. The second-order valence-electron chi connectivity index (χ2n) is 8.41. The van der Waals surface area contributed by atoms with E-state index in [1.54, 1.807) is 18.7 Å². The summed E-state index contributed by atoms with van der Waals surface area (Å²) in [5, 5.41) is 10.6. The van der Waals surface area contributed by atoms with Crippen molar-refractivity contribution in [2.24, 2.45) is 4.99 Å². The molecule has 0 saturated carbocycles. The number of aliphatic hydroxyl groups is 1. The first-order chi connectivity index (χ1) is 16.4. The monoisotopic (exact) mass is 476 g/mol. The fraction of sp³-hybridized carbons (Fsp3) is 0.192. The van der Waals surface area contributed by atoms with Crippen molar-refractivity contribution in [3.8, 4) is 5.69 Å². The maximum absolute atomic E-state index is 13.5. The van der Waals surface area contributed by atoms with Crippen molar-refractivity contribution in [1.29, 1.82) is 0 Å². The lowest BCUT2D eigenvalue weighted by atomic mass is 9.95. The molecule has 0 amide bonds. The molecule has 0 radical (unpaired) electrons. The number of pyridine rings is 1. The van der Waals surface area contributed by atoms with E-state index >= 15 is 0 Å². The fourth-order valence-corrected chi connectivity index (χ4v) is 4.60. The van der Waals surface area contributed by atoms with E-state index in [1.807, 2.05) is 29.8 Å². The Morgan fingerprint density at radius 1 is 1.26 bits per heavy atom. The number of benzene rings is 2. The summed E-state index contributed by atoms with van der Waals surface area (Å²) in [6, 6.07) is 10.1. The minimum absolute atomic E-state index is 0.0306. The second kappa shape index (κ2) is 9.00. The van der Waals surface area contributed by atoms with Crippen LogP contribution in [0, 0.1) is 12.7 Å². The van der Waals surface area contributed by atoms with Crippen LogP contribution in [0.25, 0.3) is 5.69 Å². The summed E-state index contributed by atoms with van der Waals surface area (Å²) in [7, 11) is 0. The summed E-state index contributed by atoms with van der Waals surface area (Å²) in [5.74, 6) is -0.528. The molecule has 0 aliphatic carbocycles. The minimum atomic E-state index is -0.840. The molecule has 4 aromatic rings. The van der Waals surface area contributed by atoms with Gasteiger partial charge >= 0.3 is 0 Å². The van der Waals surface area contributed by atoms with Crippen LogP contribution in [-0.2, 0) is 12.8 Å². The number of nitrogens with one attached hydrogen (secondary N) is 1. The van der Waals surface area contributed by atoms with Crippen molar-refractivity contribution in [2.75, 3.05) is 0 Å². The smallest absolute Gasteiger partial charge is 0.257 e. The average Bonchev–Trinajstić information content (AvgIpc) is 3.49. The van der Waals surface area contributed by atoms with Gasteiger partial charge in [-0.15, -0.1) is 0 Å². The fourth-order valence-electron chi connectivity index (χ4n) is 4.41. The number of rotatable bonds is 6. The van der Waals surface area contributed by atoms with Gasteiger partial charge in [0.05, 0.1) is 34.4 Å². The molecule has 5 rings (SSSR count). The lowest BCUT2D eigenvalue weighted by Crippen LogP contribution is -2.21. The van der Waals surface area contributed by atoms with E-state index in [-0.39, 0.29) is 10.6 Å². The Labute approximate surface area is 200 Å². The van der Waals surface area contributed by atoms with Crippen LogP contribution in [0.1, 0.15) is 40.3 Å². The van der Waals surface area contributed by atoms with E-state index in [4.69, 9.17) is 16.6 Å². The zero-order valence-electron chi connectivity index (χ0n) is 18.4. The van der Waals surface area contributed by atoms with Crippen LogP contribution < -0.4 is 5.56 Å². The van der Waals surface area contributed by atoms with Crippen LogP contribution in [0.4, 0.5) is 10.1 Å². The number of H-pyrrole nitrogens is 1. The molecule has 1 atom stereocenters. The van der Waals surface area contributed by atoms with Gasteiger partial charge in [0, 0.05) is 30.7 Å². The number of aliphatic hydroxyl groups excluding tert-OH is 1. The largest absolute Gasteiger partial charge is 0.388 e. The van der Waals surface area contributed by atoms with Crippen LogP contribution in [-0.4, -0.2) is 25.4 Å². The van der Waals surface area contributed by atoms with Gasteiger partial charge in [0.1, 0.15) is 5.82 Å². The van der Waals surface area contributed by atoms with Gasteiger partial charge < -0.3 is 14.7 Å². The molecular weight excluding hydrogens is 455 g/mol. The Bertz CT molecular complexity index is 1460. The van der Waals surface area contributed by atoms with Crippen molar-refractivity contribution in [1.82, 2.24) is 14.5 Å². The Morgan fingerprint density at radius 3 is 2.88 bits per heavy atom. The van der Waals surface area contributed by atoms with E-state index in [2.05, 4.69) is 16.0 Å². The highest BCUT2D eigenvalue weighted by Crippen LogP contribution is 2.34. The van der Waals surface area contributed by atoms with Gasteiger partial charge in [-0.3, -0.25) is 9.79 Å². The molecule has 172 valence electrons. The van der Waals surface area contributed by atoms with Gasteiger partial charge in [0.15, 0.2) is 0 Å². The van der Waals surface area contributed by atoms with E-state index < -0.39 is 11.9 Å². The van der Waals surface area contributed by atoms with E-state index in [0.29, 0.717) is 36.1 Å². The predicted octanol–water partition coefficient (Wildman–Crippen LogP) is 5.00. The number of halogens is 2. The Balaban J connectivity index is 1.41. The molecule has 2 aromatic carbocycles. The summed E-state index contributed by atoms with van der Waals surface area (Å²) in [6.07, 6.45) is 7.46. The molecule has 0 spiro atoms. The van der Waals surface area contributed by atoms with Gasteiger partial charge in [0.2, 0.25) is 0 Å². The van der Waals surface area contributed by atoms with Gasteiger partial charge in [-0.25, -0.2) is 9.37 Å². The number of hydrogen-bond acceptors (Lipinski definition) is 4. The molecule has 34 heavy (non-hydrogen) atoms. The van der Waals surface area contributed by atoms with Gasteiger partial charge in [-0.2, -0.15) is 0 Å². The van der Waals surface area contributed by atoms with Crippen molar-refractivity contribution in [2.45, 2.75) is 32.3 Å². The molecule has 0 saturated heterocycles. The van der Waals surface area contributed by atoms with Crippen molar-refractivity contribution in [3.05, 3.63) is 110 Å². The number of imidazole rings is 1. The first-order valence-electron chi connectivity index (χ1n) is 10.9. The molecule has 8 heteroatoms. The Hall–Kier alpha value is -3.55. The number of nitrogens with zero attached hydrogens (tertiary/aromatic N) is 3. The number of aliphatic imine (C=N–C) groups is 1. The number of aromatic amines is 1. The van der Waals surface area contributed by atoms with Crippen LogP contribution in [0.15, 0.2) is 71.1 Å². The van der Waals surface area contributed by atoms with Gasteiger partial charge in [-0.05, 0) is 72.4 Å². The maximum atomic E-state index is 13.5. The van der Waals surface area contributed by atoms with E-state index in [1.165, 1.54) is 18.2 Å². The molecule has 1 aliphatic heterocycles.